The normalized spacial score (nSPS) is 17.5. The second kappa shape index (κ2) is 9.84. The lowest BCUT2D eigenvalue weighted by atomic mass is 9.98. The fourth-order valence-corrected chi connectivity index (χ4v) is 4.50. The van der Waals surface area contributed by atoms with Crippen LogP contribution >= 0.6 is 0 Å². The first-order chi connectivity index (χ1) is 14.9. The summed E-state index contributed by atoms with van der Waals surface area (Å²) in [4.78, 5) is 14.9. The molecule has 164 valence electrons. The van der Waals surface area contributed by atoms with Crippen LogP contribution in [-0.2, 0) is 9.53 Å². The first kappa shape index (κ1) is 22.6. The monoisotopic (exact) mass is 421 g/mol. The largest absolute Gasteiger partial charge is 0.497 e. The van der Waals surface area contributed by atoms with Crippen molar-refractivity contribution in [2.45, 2.75) is 39.2 Å². The molecule has 1 aliphatic rings. The molecule has 6 heteroatoms. The van der Waals surface area contributed by atoms with Gasteiger partial charge >= 0.3 is 0 Å². The summed E-state index contributed by atoms with van der Waals surface area (Å²) in [5.74, 6) is 0.893. The molecular weight excluding hydrogens is 390 g/mol. The number of hydrogen-bond acceptors (Lipinski definition) is 4. The van der Waals surface area contributed by atoms with Crippen LogP contribution in [0.15, 0.2) is 35.9 Å². The minimum Gasteiger partial charge on any atom is -0.497 e. The van der Waals surface area contributed by atoms with E-state index in [1.54, 1.807) is 25.2 Å². The highest BCUT2D eigenvalue weighted by Gasteiger charge is 2.29. The smallest absolute Gasteiger partial charge is 0.264 e. The van der Waals surface area contributed by atoms with Gasteiger partial charge in [-0.15, -0.1) is 0 Å². The van der Waals surface area contributed by atoms with Crippen molar-refractivity contribution in [3.8, 4) is 11.8 Å². The number of nitrogens with zero attached hydrogens (tertiary/aromatic N) is 3. The van der Waals surface area contributed by atoms with E-state index in [0.717, 1.165) is 29.1 Å². The zero-order chi connectivity index (χ0) is 22.5. The quantitative estimate of drug-likeness (QED) is 0.495. The van der Waals surface area contributed by atoms with Crippen LogP contribution in [0.3, 0.4) is 0 Å². The van der Waals surface area contributed by atoms with Gasteiger partial charge in [-0.2, -0.15) is 5.26 Å². The predicted octanol–water partition coefficient (Wildman–Crippen LogP) is 4.24. The van der Waals surface area contributed by atoms with Gasteiger partial charge in [-0.3, -0.25) is 4.79 Å². The molecule has 1 aliphatic heterocycles. The molecule has 2 heterocycles. The van der Waals surface area contributed by atoms with E-state index < -0.39 is 0 Å². The highest BCUT2D eigenvalue weighted by atomic mass is 16.5. The molecule has 2 aromatic rings. The number of nitriles is 1. The summed E-state index contributed by atoms with van der Waals surface area (Å²) in [7, 11) is 3.34. The second-order valence-corrected chi connectivity index (χ2v) is 8.18. The number of amides is 1. The Kier molecular flexibility index (Phi) is 7.19. The standard InChI is InChI=1S/C25H31N3O3/c1-17-12-22(19(3)28(17)18(2)16-30-4)13-23(14-26)25(29)27-11-10-21(15-27)20-6-8-24(31-5)9-7-20/h6-9,12-13,18,21H,10-11,15-16H2,1-5H3/b23-13+. The highest BCUT2D eigenvalue weighted by molar-refractivity contribution is 6.02. The van der Waals surface area contributed by atoms with Gasteiger partial charge in [0.1, 0.15) is 17.4 Å². The number of carbonyl (C=O) groups is 1. The van der Waals surface area contributed by atoms with E-state index >= 15 is 0 Å². The lowest BCUT2D eigenvalue weighted by Gasteiger charge is -2.18. The minimum atomic E-state index is -0.201. The Morgan fingerprint density at radius 3 is 2.61 bits per heavy atom. The van der Waals surface area contributed by atoms with Crippen LogP contribution in [0.2, 0.25) is 0 Å². The van der Waals surface area contributed by atoms with Crippen LogP contribution in [0, 0.1) is 25.2 Å². The number of aromatic nitrogens is 1. The van der Waals surface area contributed by atoms with E-state index in [0.29, 0.717) is 19.7 Å². The van der Waals surface area contributed by atoms with E-state index in [1.165, 1.54) is 5.56 Å². The lowest BCUT2D eigenvalue weighted by Crippen LogP contribution is -2.29. The van der Waals surface area contributed by atoms with Crippen molar-refractivity contribution in [3.05, 3.63) is 58.4 Å². The summed E-state index contributed by atoms with van der Waals surface area (Å²) < 4.78 is 12.7. The molecule has 0 bridgehead atoms. The molecule has 31 heavy (non-hydrogen) atoms. The van der Waals surface area contributed by atoms with Gasteiger partial charge in [-0.05, 0) is 62.6 Å². The van der Waals surface area contributed by atoms with Gasteiger partial charge < -0.3 is 18.9 Å². The third-order valence-electron chi connectivity index (χ3n) is 6.09. The number of likely N-dealkylation sites (tertiary alicyclic amines) is 1. The van der Waals surface area contributed by atoms with Crippen molar-refractivity contribution in [1.29, 1.82) is 5.26 Å². The zero-order valence-corrected chi connectivity index (χ0v) is 19.0. The maximum atomic E-state index is 13.1. The number of ether oxygens (including phenoxy) is 2. The van der Waals surface area contributed by atoms with Crippen molar-refractivity contribution in [1.82, 2.24) is 9.47 Å². The molecular formula is C25H31N3O3. The van der Waals surface area contributed by atoms with Crippen molar-refractivity contribution in [2.24, 2.45) is 0 Å². The average Bonchev–Trinajstić information content (AvgIpc) is 3.36. The summed E-state index contributed by atoms with van der Waals surface area (Å²) in [5.41, 5.74) is 4.37. The minimum absolute atomic E-state index is 0.176. The van der Waals surface area contributed by atoms with Gasteiger partial charge in [0.25, 0.3) is 5.91 Å². The Morgan fingerprint density at radius 1 is 1.29 bits per heavy atom. The van der Waals surface area contributed by atoms with Crippen molar-refractivity contribution >= 4 is 12.0 Å². The number of carbonyl (C=O) groups excluding carboxylic acids is 1. The van der Waals surface area contributed by atoms with Gasteiger partial charge in [-0.1, -0.05) is 12.1 Å². The third-order valence-corrected chi connectivity index (χ3v) is 6.09. The number of benzene rings is 1. The highest BCUT2D eigenvalue weighted by Crippen LogP contribution is 2.30. The average molecular weight is 422 g/mol. The fourth-order valence-electron chi connectivity index (χ4n) is 4.50. The van der Waals surface area contributed by atoms with Crippen LogP contribution in [0.5, 0.6) is 5.75 Å². The molecule has 6 nitrogen and oxygen atoms in total. The molecule has 1 aromatic carbocycles. The summed E-state index contributed by atoms with van der Waals surface area (Å²) in [6.45, 7) is 8.01. The number of rotatable bonds is 7. The van der Waals surface area contributed by atoms with Crippen molar-refractivity contribution < 1.29 is 14.3 Å². The second-order valence-electron chi connectivity index (χ2n) is 8.18. The molecule has 0 N–H and O–H groups in total. The molecule has 2 unspecified atom stereocenters. The SMILES string of the molecule is COCC(C)n1c(C)cc(/C=C(\C#N)C(=O)N2CCC(c3ccc(OC)cc3)C2)c1C. The van der Waals surface area contributed by atoms with Crippen molar-refractivity contribution in [3.63, 3.8) is 0 Å². The number of aryl methyl sites for hydroxylation is 1. The molecule has 0 saturated carbocycles. The van der Waals surface area contributed by atoms with Gasteiger partial charge in [0.05, 0.1) is 19.8 Å². The Morgan fingerprint density at radius 2 is 2.00 bits per heavy atom. The van der Waals surface area contributed by atoms with E-state index in [-0.39, 0.29) is 23.4 Å². The Hall–Kier alpha value is -3.04. The third kappa shape index (κ3) is 4.83. The zero-order valence-electron chi connectivity index (χ0n) is 19.0. The summed E-state index contributed by atoms with van der Waals surface area (Å²) in [6, 6.07) is 12.3. The van der Waals surface area contributed by atoms with Crippen LogP contribution in [0.4, 0.5) is 0 Å². The summed E-state index contributed by atoms with van der Waals surface area (Å²) in [6.07, 6.45) is 2.61. The molecule has 3 rings (SSSR count). The molecule has 0 spiro atoms. The maximum Gasteiger partial charge on any atom is 0.264 e. The first-order valence-electron chi connectivity index (χ1n) is 10.6. The van der Waals surface area contributed by atoms with E-state index in [9.17, 15) is 10.1 Å². The van der Waals surface area contributed by atoms with Crippen LogP contribution in [0.25, 0.3) is 6.08 Å². The van der Waals surface area contributed by atoms with Gasteiger partial charge in [0.2, 0.25) is 0 Å². The van der Waals surface area contributed by atoms with Gasteiger partial charge in [-0.25, -0.2) is 0 Å². The van der Waals surface area contributed by atoms with Gasteiger partial charge in [0.15, 0.2) is 0 Å². The Bertz CT molecular complexity index is 998. The first-order valence-corrected chi connectivity index (χ1v) is 10.6. The van der Waals surface area contributed by atoms with Crippen LogP contribution in [0.1, 0.15) is 47.8 Å². The van der Waals surface area contributed by atoms with E-state index in [4.69, 9.17) is 9.47 Å². The van der Waals surface area contributed by atoms with E-state index in [1.807, 2.05) is 32.0 Å². The predicted molar refractivity (Wildman–Crippen MR) is 121 cm³/mol. The fraction of sp³-hybridized carbons (Fsp3) is 0.440. The van der Waals surface area contributed by atoms with E-state index in [2.05, 4.69) is 29.7 Å². The Balaban J connectivity index is 1.77. The molecule has 2 atom stereocenters. The molecule has 1 saturated heterocycles. The maximum absolute atomic E-state index is 13.1. The number of methoxy groups -OCH3 is 2. The van der Waals surface area contributed by atoms with Crippen molar-refractivity contribution in [2.75, 3.05) is 33.9 Å². The number of hydrogen-bond donors (Lipinski definition) is 0. The molecule has 1 aromatic heterocycles. The molecule has 1 amide bonds. The summed E-state index contributed by atoms with van der Waals surface area (Å²) in [5, 5.41) is 9.71. The Labute approximate surface area is 184 Å². The lowest BCUT2D eigenvalue weighted by molar-refractivity contribution is -0.125. The molecule has 1 fully saturated rings. The van der Waals surface area contributed by atoms with Crippen LogP contribution < -0.4 is 4.74 Å². The molecule has 0 radical (unpaired) electrons. The topological polar surface area (TPSA) is 67.5 Å². The van der Waals surface area contributed by atoms with Crippen LogP contribution in [-0.4, -0.2) is 49.3 Å². The van der Waals surface area contributed by atoms with Gasteiger partial charge in [0, 0.05) is 37.5 Å². The molecule has 0 aliphatic carbocycles. The summed E-state index contributed by atoms with van der Waals surface area (Å²) >= 11 is 0.